The summed E-state index contributed by atoms with van der Waals surface area (Å²) in [5, 5.41) is 12.0. The molecule has 0 aliphatic carbocycles. The number of nitrogens with zero attached hydrogens (tertiary/aromatic N) is 5. The fourth-order valence-corrected chi connectivity index (χ4v) is 5.88. The van der Waals surface area contributed by atoms with E-state index in [-0.39, 0.29) is 16.6 Å². The number of piperazine rings is 1. The molecule has 4 rings (SSSR count). The van der Waals surface area contributed by atoms with Gasteiger partial charge in [-0.15, -0.1) is 10.2 Å². The molecule has 1 N–H and O–H groups in total. The summed E-state index contributed by atoms with van der Waals surface area (Å²) in [6, 6.07) is 10.3. The van der Waals surface area contributed by atoms with Crippen LogP contribution in [0.4, 0.5) is 0 Å². The number of aromatic nitrogens is 3. The van der Waals surface area contributed by atoms with Crippen LogP contribution in [0.3, 0.4) is 0 Å². The molecule has 182 valence electrons. The lowest BCUT2D eigenvalue weighted by atomic mass is 10.2. The topological polar surface area (TPSA) is 114 Å². The molecule has 34 heavy (non-hydrogen) atoms. The predicted octanol–water partition coefficient (Wildman–Crippen LogP) is 1.90. The second-order valence-corrected chi connectivity index (χ2v) is 10.8. The smallest absolute Gasteiger partial charge is 0.243 e. The van der Waals surface area contributed by atoms with Crippen molar-refractivity contribution in [3.8, 4) is 11.4 Å². The van der Waals surface area contributed by atoms with Crippen molar-refractivity contribution in [1.29, 1.82) is 0 Å². The molecule has 0 unspecified atom stereocenters. The number of furan rings is 1. The van der Waals surface area contributed by atoms with Crippen LogP contribution in [0.5, 0.6) is 0 Å². The minimum Gasteiger partial charge on any atom is -0.467 e. The van der Waals surface area contributed by atoms with E-state index in [4.69, 9.17) is 4.42 Å². The summed E-state index contributed by atoms with van der Waals surface area (Å²) >= 11 is 1.30. The van der Waals surface area contributed by atoms with Gasteiger partial charge in [0.25, 0.3) is 0 Å². The SMILES string of the molecule is CCn1c(SCC(=O)NCc2ccco2)nnc1-c1ccc(S(=O)(=O)N2CCN(C)CC2)cc1. The highest BCUT2D eigenvalue weighted by atomic mass is 32.2. The standard InChI is InChI=1S/C22H28N6O4S2/c1-3-28-21(24-25-22(28)33-16-20(29)23-15-18-5-4-14-32-18)17-6-8-19(9-7-17)34(30,31)27-12-10-26(2)11-13-27/h4-9,14H,3,10-13,15-16H2,1-2H3,(H,23,29). The van der Waals surface area contributed by atoms with Crippen LogP contribution in [0, 0.1) is 0 Å². The third-order valence-corrected chi connectivity index (χ3v) is 8.50. The molecule has 12 heteroatoms. The van der Waals surface area contributed by atoms with Gasteiger partial charge in [0.05, 0.1) is 23.5 Å². The van der Waals surface area contributed by atoms with E-state index in [1.807, 2.05) is 18.5 Å². The number of thioether (sulfide) groups is 1. The van der Waals surface area contributed by atoms with Gasteiger partial charge in [-0.3, -0.25) is 4.79 Å². The van der Waals surface area contributed by atoms with Crippen LogP contribution in [0.1, 0.15) is 12.7 Å². The second-order valence-electron chi connectivity index (χ2n) is 7.93. The zero-order valence-electron chi connectivity index (χ0n) is 19.2. The Balaban J connectivity index is 1.41. The maximum Gasteiger partial charge on any atom is 0.243 e. The van der Waals surface area contributed by atoms with Gasteiger partial charge in [0.2, 0.25) is 15.9 Å². The third kappa shape index (κ3) is 5.52. The van der Waals surface area contributed by atoms with E-state index < -0.39 is 10.0 Å². The highest BCUT2D eigenvalue weighted by molar-refractivity contribution is 7.99. The van der Waals surface area contributed by atoms with Crippen molar-refractivity contribution in [3.63, 3.8) is 0 Å². The molecule has 0 atom stereocenters. The molecular weight excluding hydrogens is 476 g/mol. The van der Waals surface area contributed by atoms with E-state index >= 15 is 0 Å². The number of rotatable bonds is 9. The van der Waals surface area contributed by atoms with Crippen LogP contribution < -0.4 is 5.32 Å². The van der Waals surface area contributed by atoms with E-state index in [2.05, 4.69) is 20.4 Å². The highest BCUT2D eigenvalue weighted by Gasteiger charge is 2.27. The van der Waals surface area contributed by atoms with Crippen molar-refractivity contribution in [3.05, 3.63) is 48.4 Å². The number of nitrogens with one attached hydrogen (secondary N) is 1. The van der Waals surface area contributed by atoms with E-state index in [9.17, 15) is 13.2 Å². The van der Waals surface area contributed by atoms with Gasteiger partial charge < -0.3 is 19.2 Å². The number of carbonyl (C=O) groups excluding carboxylic acids is 1. The second kappa shape index (κ2) is 10.7. The van der Waals surface area contributed by atoms with Crippen LogP contribution in [-0.2, 0) is 27.9 Å². The van der Waals surface area contributed by atoms with E-state index in [1.165, 1.54) is 16.1 Å². The number of hydrogen-bond donors (Lipinski definition) is 1. The lowest BCUT2D eigenvalue weighted by molar-refractivity contribution is -0.118. The monoisotopic (exact) mass is 504 g/mol. The molecule has 10 nitrogen and oxygen atoms in total. The number of benzene rings is 1. The number of amides is 1. The summed E-state index contributed by atoms with van der Waals surface area (Å²) in [5.41, 5.74) is 0.765. The van der Waals surface area contributed by atoms with Gasteiger partial charge in [0.1, 0.15) is 5.76 Å². The molecule has 0 bridgehead atoms. The van der Waals surface area contributed by atoms with Crippen LogP contribution in [0.25, 0.3) is 11.4 Å². The van der Waals surface area contributed by atoms with Crippen LogP contribution in [0.15, 0.2) is 57.1 Å². The number of hydrogen-bond acceptors (Lipinski definition) is 8. The van der Waals surface area contributed by atoms with Gasteiger partial charge in [-0.1, -0.05) is 11.8 Å². The Labute approximate surface area is 203 Å². The van der Waals surface area contributed by atoms with Crippen molar-refractivity contribution < 1.29 is 17.6 Å². The third-order valence-electron chi connectivity index (χ3n) is 5.62. The summed E-state index contributed by atoms with van der Waals surface area (Å²) in [6.45, 7) is 5.33. The average Bonchev–Trinajstić information content (AvgIpc) is 3.51. The van der Waals surface area contributed by atoms with Gasteiger partial charge in [-0.05, 0) is 50.4 Å². The normalized spacial score (nSPS) is 15.5. The van der Waals surface area contributed by atoms with E-state index in [1.54, 1.807) is 42.7 Å². The predicted molar refractivity (Wildman–Crippen MR) is 129 cm³/mol. The Kier molecular flexibility index (Phi) is 7.71. The summed E-state index contributed by atoms with van der Waals surface area (Å²) in [6.07, 6.45) is 1.57. The average molecular weight is 505 g/mol. The first-order valence-corrected chi connectivity index (χ1v) is 13.4. The molecule has 0 radical (unpaired) electrons. The van der Waals surface area contributed by atoms with Gasteiger partial charge in [0.15, 0.2) is 11.0 Å². The lowest BCUT2D eigenvalue weighted by Crippen LogP contribution is -2.46. The Morgan fingerprint density at radius 1 is 1.12 bits per heavy atom. The molecule has 0 saturated carbocycles. The van der Waals surface area contributed by atoms with Gasteiger partial charge in [-0.25, -0.2) is 8.42 Å². The van der Waals surface area contributed by atoms with E-state index in [0.717, 1.165) is 18.7 Å². The van der Waals surface area contributed by atoms with Gasteiger partial charge in [-0.2, -0.15) is 4.31 Å². The van der Waals surface area contributed by atoms with Gasteiger partial charge >= 0.3 is 0 Å². The summed E-state index contributed by atoms with van der Waals surface area (Å²) in [7, 11) is -1.54. The Morgan fingerprint density at radius 2 is 1.85 bits per heavy atom. The van der Waals surface area contributed by atoms with Crippen molar-refractivity contribution >= 4 is 27.7 Å². The molecule has 1 aliphatic heterocycles. The molecule has 0 spiro atoms. The first-order valence-electron chi connectivity index (χ1n) is 11.0. The zero-order chi connectivity index (χ0) is 24.1. The molecule has 1 saturated heterocycles. The first-order chi connectivity index (χ1) is 16.4. The molecular formula is C22H28N6O4S2. The summed E-state index contributed by atoms with van der Waals surface area (Å²) in [5.74, 6) is 1.38. The van der Waals surface area contributed by atoms with Crippen LogP contribution >= 0.6 is 11.8 Å². The molecule has 1 aromatic carbocycles. The number of sulfonamides is 1. The van der Waals surface area contributed by atoms with Crippen LogP contribution in [0.2, 0.25) is 0 Å². The first kappa shape index (κ1) is 24.5. The Hall–Kier alpha value is -2.67. The van der Waals surface area contributed by atoms with Crippen molar-refractivity contribution in [2.75, 3.05) is 39.0 Å². The molecule has 1 amide bonds. The van der Waals surface area contributed by atoms with E-state index in [0.29, 0.717) is 42.9 Å². The van der Waals surface area contributed by atoms with Crippen LogP contribution in [-0.4, -0.2) is 77.3 Å². The maximum absolute atomic E-state index is 13.0. The molecule has 1 fully saturated rings. The molecule has 2 aromatic heterocycles. The molecule has 3 aromatic rings. The largest absolute Gasteiger partial charge is 0.467 e. The maximum atomic E-state index is 13.0. The van der Waals surface area contributed by atoms with Gasteiger partial charge in [0, 0.05) is 38.3 Å². The number of likely N-dealkylation sites (N-methyl/N-ethyl adjacent to an activating group) is 1. The quantitative estimate of drug-likeness (QED) is 0.440. The summed E-state index contributed by atoms with van der Waals surface area (Å²) < 4.78 is 34.6. The minimum atomic E-state index is -3.53. The minimum absolute atomic E-state index is 0.132. The molecule has 1 aliphatic rings. The van der Waals surface area contributed by atoms with Crippen molar-refractivity contribution in [2.45, 2.75) is 30.1 Å². The fraction of sp³-hybridized carbons (Fsp3) is 0.409. The number of carbonyl (C=O) groups is 1. The Bertz CT molecular complexity index is 1200. The van der Waals surface area contributed by atoms with Crippen molar-refractivity contribution in [2.24, 2.45) is 0 Å². The summed E-state index contributed by atoms with van der Waals surface area (Å²) in [4.78, 5) is 14.6. The lowest BCUT2D eigenvalue weighted by Gasteiger charge is -2.31. The molecule has 3 heterocycles. The van der Waals surface area contributed by atoms with Crippen molar-refractivity contribution in [1.82, 2.24) is 29.3 Å². The zero-order valence-corrected chi connectivity index (χ0v) is 20.8. The Morgan fingerprint density at radius 3 is 2.50 bits per heavy atom. The fourth-order valence-electron chi connectivity index (χ4n) is 3.63. The highest BCUT2D eigenvalue weighted by Crippen LogP contribution is 2.26.